The first-order valence-electron chi connectivity index (χ1n) is 5.65. The van der Waals surface area contributed by atoms with Crippen LogP contribution < -0.4 is 9.47 Å². The molecule has 0 saturated carbocycles. The van der Waals surface area contributed by atoms with Gasteiger partial charge in [0.15, 0.2) is 0 Å². The Morgan fingerprint density at radius 1 is 1.21 bits per heavy atom. The molecule has 0 aliphatic heterocycles. The van der Waals surface area contributed by atoms with E-state index in [0.29, 0.717) is 17.2 Å². The summed E-state index contributed by atoms with van der Waals surface area (Å²) in [4.78, 5) is 17.3. The number of rotatable bonds is 4. The molecule has 0 bridgehead atoms. The standard InChI is InChI=1S/C13H18N2O4/c1-9(14-19-13(16)15(2)3)11-7-6-10(17-4)8-12(11)18-5/h6-8H,1-5H3/b14-9+. The molecule has 0 atom stereocenters. The van der Waals surface area contributed by atoms with E-state index < -0.39 is 6.09 Å². The zero-order valence-corrected chi connectivity index (χ0v) is 11.8. The minimum atomic E-state index is -0.535. The summed E-state index contributed by atoms with van der Waals surface area (Å²) >= 11 is 0. The fraction of sp³-hybridized carbons (Fsp3) is 0.385. The van der Waals surface area contributed by atoms with Gasteiger partial charge in [0, 0.05) is 25.7 Å². The van der Waals surface area contributed by atoms with Crippen molar-refractivity contribution in [3.05, 3.63) is 23.8 Å². The Balaban J connectivity index is 2.95. The minimum absolute atomic E-state index is 0.535. The largest absolute Gasteiger partial charge is 0.497 e. The van der Waals surface area contributed by atoms with E-state index in [1.807, 2.05) is 0 Å². The highest BCUT2D eigenvalue weighted by Crippen LogP contribution is 2.25. The van der Waals surface area contributed by atoms with Gasteiger partial charge in [0.2, 0.25) is 0 Å². The van der Waals surface area contributed by atoms with Gasteiger partial charge in [-0.3, -0.25) is 4.84 Å². The van der Waals surface area contributed by atoms with Crippen molar-refractivity contribution in [3.63, 3.8) is 0 Å². The van der Waals surface area contributed by atoms with Gasteiger partial charge in [-0.1, -0.05) is 5.16 Å². The molecule has 0 spiro atoms. The fourth-order valence-electron chi connectivity index (χ4n) is 1.34. The highest BCUT2D eigenvalue weighted by molar-refractivity contribution is 6.01. The third-order valence-electron chi connectivity index (χ3n) is 2.42. The molecule has 1 aromatic rings. The van der Waals surface area contributed by atoms with Gasteiger partial charge >= 0.3 is 6.09 Å². The van der Waals surface area contributed by atoms with Gasteiger partial charge in [-0.15, -0.1) is 0 Å². The summed E-state index contributed by atoms with van der Waals surface area (Å²) in [6, 6.07) is 5.31. The smallest absolute Gasteiger partial charge is 0.435 e. The number of hydrogen-bond donors (Lipinski definition) is 0. The molecule has 0 saturated heterocycles. The molecule has 19 heavy (non-hydrogen) atoms. The molecule has 6 nitrogen and oxygen atoms in total. The second kappa shape index (κ2) is 6.63. The highest BCUT2D eigenvalue weighted by atomic mass is 16.7. The lowest BCUT2D eigenvalue weighted by molar-refractivity contribution is 0.122. The van der Waals surface area contributed by atoms with Gasteiger partial charge in [0.25, 0.3) is 0 Å². The first-order valence-corrected chi connectivity index (χ1v) is 5.65. The van der Waals surface area contributed by atoms with Crippen molar-refractivity contribution in [2.45, 2.75) is 6.92 Å². The molecule has 1 amide bonds. The molecule has 1 rings (SSSR count). The molecule has 104 valence electrons. The van der Waals surface area contributed by atoms with E-state index in [4.69, 9.17) is 14.3 Å². The van der Waals surface area contributed by atoms with Crippen molar-refractivity contribution in [2.75, 3.05) is 28.3 Å². The molecular formula is C13H18N2O4. The lowest BCUT2D eigenvalue weighted by Gasteiger charge is -2.10. The molecule has 0 aromatic heterocycles. The van der Waals surface area contributed by atoms with Crippen molar-refractivity contribution < 1.29 is 19.1 Å². The van der Waals surface area contributed by atoms with Crippen molar-refractivity contribution in [1.82, 2.24) is 4.90 Å². The molecule has 0 unspecified atom stereocenters. The number of benzene rings is 1. The summed E-state index contributed by atoms with van der Waals surface area (Å²) < 4.78 is 10.4. The van der Waals surface area contributed by atoms with Crippen molar-refractivity contribution >= 4 is 11.8 Å². The van der Waals surface area contributed by atoms with Gasteiger partial charge in [-0.25, -0.2) is 4.79 Å². The summed E-state index contributed by atoms with van der Waals surface area (Å²) in [6.45, 7) is 1.73. The Morgan fingerprint density at radius 3 is 2.42 bits per heavy atom. The molecule has 1 aromatic carbocycles. The number of nitrogens with zero attached hydrogens (tertiary/aromatic N) is 2. The van der Waals surface area contributed by atoms with Crippen LogP contribution in [0.2, 0.25) is 0 Å². The summed E-state index contributed by atoms with van der Waals surface area (Å²) in [5.41, 5.74) is 1.27. The SMILES string of the molecule is COc1ccc(/C(C)=N/OC(=O)N(C)C)c(OC)c1. The van der Waals surface area contributed by atoms with E-state index in [9.17, 15) is 4.79 Å². The maximum atomic E-state index is 11.3. The van der Waals surface area contributed by atoms with Crippen molar-refractivity contribution in [2.24, 2.45) is 5.16 Å². The number of carbonyl (C=O) groups excluding carboxylic acids is 1. The number of hydrogen-bond acceptors (Lipinski definition) is 5. The van der Waals surface area contributed by atoms with Crippen LogP contribution in [-0.4, -0.2) is 45.0 Å². The van der Waals surface area contributed by atoms with Gasteiger partial charge in [0.1, 0.15) is 11.5 Å². The first kappa shape index (κ1) is 14.8. The molecular weight excluding hydrogens is 248 g/mol. The lowest BCUT2D eigenvalue weighted by atomic mass is 10.1. The number of ether oxygens (including phenoxy) is 2. The zero-order chi connectivity index (χ0) is 14.4. The van der Waals surface area contributed by atoms with E-state index in [2.05, 4.69) is 5.16 Å². The fourth-order valence-corrected chi connectivity index (χ4v) is 1.34. The zero-order valence-electron chi connectivity index (χ0n) is 11.8. The van der Waals surface area contributed by atoms with E-state index >= 15 is 0 Å². The van der Waals surface area contributed by atoms with Crippen molar-refractivity contribution in [3.8, 4) is 11.5 Å². The first-order chi connectivity index (χ1) is 8.99. The maximum absolute atomic E-state index is 11.3. The predicted octanol–water partition coefficient (Wildman–Crippen LogP) is 2.13. The third kappa shape index (κ3) is 3.87. The van der Waals surface area contributed by atoms with E-state index in [1.165, 1.54) is 4.90 Å². The number of carbonyl (C=O) groups is 1. The number of methoxy groups -OCH3 is 2. The molecule has 0 aliphatic rings. The molecule has 6 heteroatoms. The molecule has 0 N–H and O–H groups in total. The summed E-state index contributed by atoms with van der Waals surface area (Å²) in [6.07, 6.45) is -0.535. The van der Waals surface area contributed by atoms with Crippen LogP contribution in [0, 0.1) is 0 Å². The van der Waals surface area contributed by atoms with Crippen LogP contribution >= 0.6 is 0 Å². The highest BCUT2D eigenvalue weighted by Gasteiger charge is 2.10. The van der Waals surface area contributed by atoms with Gasteiger partial charge < -0.3 is 14.4 Å². The molecule has 0 heterocycles. The van der Waals surface area contributed by atoms with Crippen LogP contribution in [0.5, 0.6) is 11.5 Å². The average molecular weight is 266 g/mol. The van der Waals surface area contributed by atoms with Crippen LogP contribution in [0.3, 0.4) is 0 Å². The Hall–Kier alpha value is -2.24. The Bertz CT molecular complexity index is 484. The van der Waals surface area contributed by atoms with Crippen LogP contribution in [0.4, 0.5) is 4.79 Å². The van der Waals surface area contributed by atoms with Gasteiger partial charge in [-0.2, -0.15) is 0 Å². The van der Waals surface area contributed by atoms with E-state index in [-0.39, 0.29) is 0 Å². The lowest BCUT2D eigenvalue weighted by Crippen LogP contribution is -2.21. The van der Waals surface area contributed by atoms with Gasteiger partial charge in [-0.05, 0) is 19.1 Å². The topological polar surface area (TPSA) is 60.4 Å². The molecule has 0 fully saturated rings. The second-order valence-electron chi connectivity index (χ2n) is 3.99. The average Bonchev–Trinajstić information content (AvgIpc) is 2.43. The second-order valence-corrected chi connectivity index (χ2v) is 3.99. The van der Waals surface area contributed by atoms with Crippen LogP contribution in [0.25, 0.3) is 0 Å². The number of amides is 1. The van der Waals surface area contributed by atoms with E-state index in [0.717, 1.165) is 5.56 Å². The molecule has 0 radical (unpaired) electrons. The predicted molar refractivity (Wildman–Crippen MR) is 71.9 cm³/mol. The maximum Gasteiger partial charge on any atom is 0.435 e. The minimum Gasteiger partial charge on any atom is -0.497 e. The summed E-state index contributed by atoms with van der Waals surface area (Å²) in [5, 5.41) is 3.78. The Labute approximate surface area is 112 Å². The van der Waals surface area contributed by atoms with Crippen molar-refractivity contribution in [1.29, 1.82) is 0 Å². The quantitative estimate of drug-likeness (QED) is 0.476. The van der Waals surface area contributed by atoms with Gasteiger partial charge in [0.05, 0.1) is 19.9 Å². The Morgan fingerprint density at radius 2 is 1.89 bits per heavy atom. The van der Waals surface area contributed by atoms with E-state index in [1.54, 1.807) is 53.4 Å². The Kier molecular flexibility index (Phi) is 5.17. The monoisotopic (exact) mass is 266 g/mol. The molecule has 0 aliphatic carbocycles. The number of oxime groups is 1. The van der Waals surface area contributed by atoms with Crippen LogP contribution in [0.15, 0.2) is 23.4 Å². The normalized spacial score (nSPS) is 10.9. The van der Waals surface area contributed by atoms with Crippen LogP contribution in [-0.2, 0) is 4.84 Å². The summed E-state index contributed by atoms with van der Waals surface area (Å²) in [7, 11) is 6.30. The summed E-state index contributed by atoms with van der Waals surface area (Å²) in [5.74, 6) is 1.28. The van der Waals surface area contributed by atoms with Crippen LogP contribution in [0.1, 0.15) is 12.5 Å². The third-order valence-corrected chi connectivity index (χ3v) is 2.42.